The number of halogens is 1. The third kappa shape index (κ3) is 3.11. The van der Waals surface area contributed by atoms with E-state index in [1.54, 1.807) is 18.2 Å². The standard InChI is InChI=1S/C18H17FN4O2/c19-13-3-1-11(2-4-13)17-15-9-14(5-6-16(15)21-22-17)20-18(24)12-7-8-23(25)10-12/h1-6,9,12,25H,7-8,10H2,(H,20,24)(H,21,22). The van der Waals surface area contributed by atoms with Gasteiger partial charge >= 0.3 is 0 Å². The highest BCUT2D eigenvalue weighted by Crippen LogP contribution is 2.29. The minimum absolute atomic E-state index is 0.109. The van der Waals surface area contributed by atoms with Gasteiger partial charge in [0.15, 0.2) is 0 Å². The number of hydroxylamine groups is 2. The van der Waals surface area contributed by atoms with E-state index >= 15 is 0 Å². The Morgan fingerprint density at radius 3 is 2.80 bits per heavy atom. The number of hydrogen-bond donors (Lipinski definition) is 3. The predicted molar refractivity (Wildman–Crippen MR) is 91.6 cm³/mol. The van der Waals surface area contributed by atoms with Gasteiger partial charge in [-0.1, -0.05) is 0 Å². The average molecular weight is 340 g/mol. The van der Waals surface area contributed by atoms with Crippen molar-refractivity contribution in [2.45, 2.75) is 6.42 Å². The molecule has 0 spiro atoms. The molecular formula is C18H17FN4O2. The Morgan fingerprint density at radius 1 is 1.28 bits per heavy atom. The highest BCUT2D eigenvalue weighted by molar-refractivity contribution is 5.99. The molecule has 1 saturated heterocycles. The minimum atomic E-state index is -0.300. The summed E-state index contributed by atoms with van der Waals surface area (Å²) in [6.45, 7) is 0.855. The van der Waals surface area contributed by atoms with E-state index in [1.807, 2.05) is 12.1 Å². The summed E-state index contributed by atoms with van der Waals surface area (Å²) in [5.74, 6) is -0.629. The number of aromatic amines is 1. The molecule has 0 bridgehead atoms. The average Bonchev–Trinajstić information content (AvgIpc) is 3.22. The summed E-state index contributed by atoms with van der Waals surface area (Å²) < 4.78 is 13.1. The van der Waals surface area contributed by atoms with Gasteiger partial charge < -0.3 is 10.5 Å². The van der Waals surface area contributed by atoms with Gasteiger partial charge in [0.1, 0.15) is 5.82 Å². The monoisotopic (exact) mass is 340 g/mol. The van der Waals surface area contributed by atoms with E-state index in [-0.39, 0.29) is 17.6 Å². The van der Waals surface area contributed by atoms with E-state index < -0.39 is 0 Å². The Morgan fingerprint density at radius 2 is 2.08 bits per heavy atom. The third-order valence-corrected chi connectivity index (χ3v) is 4.49. The molecule has 25 heavy (non-hydrogen) atoms. The van der Waals surface area contributed by atoms with Gasteiger partial charge in [-0.05, 0) is 48.9 Å². The fourth-order valence-electron chi connectivity index (χ4n) is 3.12. The molecule has 0 aliphatic carbocycles. The minimum Gasteiger partial charge on any atom is -0.326 e. The summed E-state index contributed by atoms with van der Waals surface area (Å²) in [5, 5.41) is 21.6. The van der Waals surface area contributed by atoms with Crippen molar-refractivity contribution in [1.82, 2.24) is 15.3 Å². The largest absolute Gasteiger partial charge is 0.326 e. The first kappa shape index (κ1) is 15.7. The lowest BCUT2D eigenvalue weighted by Crippen LogP contribution is -2.25. The molecule has 1 atom stereocenters. The molecule has 128 valence electrons. The van der Waals surface area contributed by atoms with Crippen molar-refractivity contribution < 1.29 is 14.4 Å². The second kappa shape index (κ2) is 6.27. The molecule has 0 radical (unpaired) electrons. The first-order valence-corrected chi connectivity index (χ1v) is 8.09. The van der Waals surface area contributed by atoms with Crippen molar-refractivity contribution in [2.75, 3.05) is 18.4 Å². The molecule has 2 aromatic carbocycles. The lowest BCUT2D eigenvalue weighted by molar-refractivity contribution is -0.121. The Labute approximate surface area is 143 Å². The summed E-state index contributed by atoms with van der Waals surface area (Å²) in [7, 11) is 0. The van der Waals surface area contributed by atoms with Crippen LogP contribution in [0.4, 0.5) is 10.1 Å². The number of fused-ring (bicyclic) bond motifs is 1. The lowest BCUT2D eigenvalue weighted by atomic mass is 10.1. The molecule has 1 aromatic heterocycles. The Balaban J connectivity index is 1.62. The van der Waals surface area contributed by atoms with Gasteiger partial charge in [0, 0.05) is 29.7 Å². The van der Waals surface area contributed by atoms with Crippen LogP contribution in [0.1, 0.15) is 6.42 Å². The fourth-order valence-corrected chi connectivity index (χ4v) is 3.12. The van der Waals surface area contributed by atoms with Crippen molar-refractivity contribution in [3.8, 4) is 11.3 Å². The van der Waals surface area contributed by atoms with Gasteiger partial charge in [0.2, 0.25) is 5.91 Å². The van der Waals surface area contributed by atoms with Crippen LogP contribution in [0.25, 0.3) is 22.2 Å². The maximum atomic E-state index is 13.1. The molecule has 1 amide bonds. The molecule has 1 aliphatic rings. The SMILES string of the molecule is O=C(Nc1ccc2[nH]nc(-c3ccc(F)cc3)c2c1)C1CCN(O)C1. The zero-order chi connectivity index (χ0) is 17.4. The lowest BCUT2D eigenvalue weighted by Gasteiger charge is -2.11. The molecule has 3 N–H and O–H groups in total. The van der Waals surface area contributed by atoms with Gasteiger partial charge in [-0.25, -0.2) is 4.39 Å². The Kier molecular flexibility index (Phi) is 3.95. The van der Waals surface area contributed by atoms with E-state index in [2.05, 4.69) is 15.5 Å². The molecule has 1 unspecified atom stereocenters. The summed E-state index contributed by atoms with van der Waals surface area (Å²) in [4.78, 5) is 12.3. The van der Waals surface area contributed by atoms with Crippen molar-refractivity contribution in [1.29, 1.82) is 0 Å². The number of hydrogen-bond acceptors (Lipinski definition) is 4. The van der Waals surface area contributed by atoms with Crippen LogP contribution in [0.5, 0.6) is 0 Å². The van der Waals surface area contributed by atoms with Crippen molar-refractivity contribution in [3.63, 3.8) is 0 Å². The quantitative estimate of drug-likeness (QED) is 0.685. The number of benzene rings is 2. The van der Waals surface area contributed by atoms with Crippen LogP contribution >= 0.6 is 0 Å². The van der Waals surface area contributed by atoms with Gasteiger partial charge in [0.25, 0.3) is 0 Å². The summed E-state index contributed by atoms with van der Waals surface area (Å²) in [6, 6.07) is 11.6. The molecule has 2 heterocycles. The van der Waals surface area contributed by atoms with Crippen molar-refractivity contribution in [3.05, 3.63) is 48.3 Å². The van der Waals surface area contributed by atoms with Crippen LogP contribution in [-0.4, -0.2) is 39.5 Å². The molecule has 0 saturated carbocycles. The van der Waals surface area contributed by atoms with Crippen LogP contribution < -0.4 is 5.32 Å². The first-order valence-electron chi connectivity index (χ1n) is 8.09. The van der Waals surface area contributed by atoms with Gasteiger partial charge in [0.05, 0.1) is 17.1 Å². The molecule has 1 fully saturated rings. The first-order chi connectivity index (χ1) is 12.1. The number of nitrogens with one attached hydrogen (secondary N) is 2. The fraction of sp³-hybridized carbons (Fsp3) is 0.222. The number of amides is 1. The van der Waals surface area contributed by atoms with Gasteiger partial charge in [-0.3, -0.25) is 9.89 Å². The number of H-pyrrole nitrogens is 1. The van der Waals surface area contributed by atoms with Gasteiger partial charge in [-0.2, -0.15) is 10.2 Å². The number of aromatic nitrogens is 2. The molecule has 1 aliphatic heterocycles. The number of nitrogens with zero attached hydrogens (tertiary/aromatic N) is 2. The molecule has 7 heteroatoms. The topological polar surface area (TPSA) is 81.2 Å². The Bertz CT molecular complexity index is 922. The third-order valence-electron chi connectivity index (χ3n) is 4.49. The van der Waals surface area contributed by atoms with Crippen molar-refractivity contribution >= 4 is 22.5 Å². The van der Waals surface area contributed by atoms with Crippen molar-refractivity contribution in [2.24, 2.45) is 5.92 Å². The number of carbonyl (C=O) groups is 1. The van der Waals surface area contributed by atoms with Crippen LogP contribution in [0, 0.1) is 11.7 Å². The summed E-state index contributed by atoms with van der Waals surface area (Å²) in [5.41, 5.74) is 3.00. The van der Waals surface area contributed by atoms with Crippen LogP contribution in [-0.2, 0) is 4.79 Å². The maximum Gasteiger partial charge on any atom is 0.228 e. The van der Waals surface area contributed by atoms with Gasteiger partial charge in [-0.15, -0.1) is 0 Å². The van der Waals surface area contributed by atoms with E-state index in [1.165, 1.54) is 12.1 Å². The van der Waals surface area contributed by atoms with E-state index in [0.717, 1.165) is 21.5 Å². The molecule has 3 aromatic rings. The number of anilines is 1. The second-order valence-electron chi connectivity index (χ2n) is 6.23. The number of carbonyl (C=O) groups excluding carboxylic acids is 1. The van der Waals surface area contributed by atoms with Crippen LogP contribution in [0.2, 0.25) is 0 Å². The zero-order valence-corrected chi connectivity index (χ0v) is 13.4. The molecule has 6 nitrogen and oxygen atoms in total. The predicted octanol–water partition coefficient (Wildman–Crippen LogP) is 3.02. The number of rotatable bonds is 3. The summed E-state index contributed by atoms with van der Waals surface area (Å²) >= 11 is 0. The summed E-state index contributed by atoms with van der Waals surface area (Å²) in [6.07, 6.45) is 0.636. The van der Waals surface area contributed by atoms with Crippen LogP contribution in [0.15, 0.2) is 42.5 Å². The molecular weight excluding hydrogens is 323 g/mol. The van der Waals surface area contributed by atoms with E-state index in [9.17, 15) is 14.4 Å². The van der Waals surface area contributed by atoms with E-state index in [0.29, 0.717) is 30.9 Å². The highest BCUT2D eigenvalue weighted by atomic mass is 19.1. The zero-order valence-electron chi connectivity index (χ0n) is 13.4. The highest BCUT2D eigenvalue weighted by Gasteiger charge is 2.27. The Hall–Kier alpha value is -2.77. The normalized spacial score (nSPS) is 17.9. The maximum absolute atomic E-state index is 13.1. The van der Waals surface area contributed by atoms with E-state index in [4.69, 9.17) is 0 Å². The molecule has 4 rings (SSSR count). The second-order valence-corrected chi connectivity index (χ2v) is 6.23. The van der Waals surface area contributed by atoms with Crippen LogP contribution in [0.3, 0.4) is 0 Å². The smallest absolute Gasteiger partial charge is 0.228 e.